The molecule has 0 saturated heterocycles. The lowest BCUT2D eigenvalue weighted by Gasteiger charge is -2.60. The number of Topliss-reactive ketones (excluding diaryl/α,β-unsaturated/α-hetero) is 1. The first-order valence-corrected chi connectivity index (χ1v) is 14.7. The maximum absolute atomic E-state index is 13.6. The van der Waals surface area contributed by atoms with Gasteiger partial charge in [0.25, 0.3) is 0 Å². The van der Waals surface area contributed by atoms with Crippen LogP contribution in [0.1, 0.15) is 113 Å². The number of rotatable bonds is 7. The minimum Gasteiger partial charge on any atom is -0.463 e. The summed E-state index contributed by atoms with van der Waals surface area (Å²) >= 11 is 0. The number of carbonyl (C=O) groups excluding carboxylic acids is 3. The third-order valence-corrected chi connectivity index (χ3v) is 11.4. The Kier molecular flexibility index (Phi) is 7.99. The molecule has 4 rings (SSSR count). The summed E-state index contributed by atoms with van der Waals surface area (Å²) in [5, 5.41) is 0. The van der Waals surface area contributed by atoms with Crippen LogP contribution in [-0.2, 0) is 23.9 Å². The number of fused-ring (bicyclic) bond motifs is 5. The molecule has 4 saturated carbocycles. The molecule has 36 heavy (non-hydrogen) atoms. The average molecular weight is 503 g/mol. The highest BCUT2D eigenvalue weighted by Gasteiger charge is 2.63. The molecular formula is C31H50O5. The van der Waals surface area contributed by atoms with Crippen molar-refractivity contribution >= 4 is 17.7 Å². The Morgan fingerprint density at radius 2 is 1.58 bits per heavy atom. The normalized spacial score (nSPS) is 41.6. The zero-order chi connectivity index (χ0) is 26.4. The smallest absolute Gasteiger partial charge is 0.302 e. The Bertz CT molecular complexity index is 850. The van der Waals surface area contributed by atoms with E-state index in [1.54, 1.807) is 6.92 Å². The van der Waals surface area contributed by atoms with Gasteiger partial charge >= 0.3 is 11.9 Å². The fourth-order valence-electron chi connectivity index (χ4n) is 9.65. The minimum absolute atomic E-state index is 0.0189. The van der Waals surface area contributed by atoms with Gasteiger partial charge in [0.05, 0.1) is 0 Å². The Labute approximate surface area is 218 Å². The number of ketones is 1. The van der Waals surface area contributed by atoms with Gasteiger partial charge in [-0.1, -0.05) is 34.6 Å². The van der Waals surface area contributed by atoms with Gasteiger partial charge in [-0.2, -0.15) is 0 Å². The van der Waals surface area contributed by atoms with Crippen molar-refractivity contribution in [2.75, 3.05) is 0 Å². The van der Waals surface area contributed by atoms with Crippen LogP contribution in [0.25, 0.3) is 0 Å². The quantitative estimate of drug-likeness (QED) is 0.360. The van der Waals surface area contributed by atoms with Gasteiger partial charge in [-0.25, -0.2) is 0 Å². The topological polar surface area (TPSA) is 69.7 Å². The number of hydrogen-bond acceptors (Lipinski definition) is 5. The predicted molar refractivity (Wildman–Crippen MR) is 140 cm³/mol. The van der Waals surface area contributed by atoms with E-state index in [2.05, 4.69) is 34.6 Å². The van der Waals surface area contributed by atoms with E-state index >= 15 is 0 Å². The summed E-state index contributed by atoms with van der Waals surface area (Å²) in [4.78, 5) is 37.1. The lowest BCUT2D eigenvalue weighted by molar-refractivity contribution is -0.170. The monoisotopic (exact) mass is 502 g/mol. The molecule has 0 N–H and O–H groups in total. The van der Waals surface area contributed by atoms with Crippen molar-refractivity contribution in [1.82, 2.24) is 0 Å². The van der Waals surface area contributed by atoms with Crippen LogP contribution in [0.15, 0.2) is 0 Å². The Balaban J connectivity index is 1.52. The fourth-order valence-corrected chi connectivity index (χ4v) is 9.65. The van der Waals surface area contributed by atoms with Gasteiger partial charge in [-0.15, -0.1) is 0 Å². The second-order valence-corrected chi connectivity index (χ2v) is 13.8. The molecule has 0 spiro atoms. The summed E-state index contributed by atoms with van der Waals surface area (Å²) in [7, 11) is 0. The van der Waals surface area contributed by atoms with Crippen LogP contribution in [0, 0.1) is 52.3 Å². The molecule has 10 atom stereocenters. The zero-order valence-electron chi connectivity index (χ0n) is 23.8. The second kappa shape index (κ2) is 10.4. The summed E-state index contributed by atoms with van der Waals surface area (Å²) in [6, 6.07) is 0. The van der Waals surface area contributed by atoms with E-state index in [9.17, 15) is 14.4 Å². The van der Waals surface area contributed by atoms with Crippen LogP contribution in [-0.4, -0.2) is 29.9 Å². The maximum atomic E-state index is 13.6. The molecule has 5 nitrogen and oxygen atoms in total. The standard InChI is InChI=1S/C31H50O5/c1-18(2)8-11-29(36-21(5)33)19(3)24-9-10-25-23-17-28(34)27-16-22(35-20(4)32)12-14-31(27,7)26(23)13-15-30(24,25)6/h18-19,22-27,29H,8-17H2,1-7H3/t19-,22-,23-,24+,25-,26-,27+,29-,30+,31+/m0/s1. The summed E-state index contributed by atoms with van der Waals surface area (Å²) in [6.45, 7) is 14.7. The van der Waals surface area contributed by atoms with Crippen LogP contribution in [0.3, 0.4) is 0 Å². The Morgan fingerprint density at radius 3 is 2.22 bits per heavy atom. The van der Waals surface area contributed by atoms with Crippen molar-refractivity contribution in [1.29, 1.82) is 0 Å². The second-order valence-electron chi connectivity index (χ2n) is 13.8. The molecule has 0 amide bonds. The van der Waals surface area contributed by atoms with Crippen LogP contribution in [0.4, 0.5) is 0 Å². The largest absolute Gasteiger partial charge is 0.463 e. The minimum atomic E-state index is -0.232. The lowest BCUT2D eigenvalue weighted by atomic mass is 9.44. The third-order valence-electron chi connectivity index (χ3n) is 11.4. The van der Waals surface area contributed by atoms with Crippen molar-refractivity contribution in [3.8, 4) is 0 Å². The summed E-state index contributed by atoms with van der Waals surface area (Å²) in [6.07, 6.45) is 9.90. The molecule has 4 fully saturated rings. The van der Waals surface area contributed by atoms with Gasteiger partial charge in [-0.3, -0.25) is 14.4 Å². The molecule has 0 heterocycles. The van der Waals surface area contributed by atoms with Gasteiger partial charge < -0.3 is 9.47 Å². The Hall–Kier alpha value is -1.39. The van der Waals surface area contributed by atoms with Crippen LogP contribution in [0.2, 0.25) is 0 Å². The SMILES string of the molecule is CC(=O)O[C@H]1CC[C@@]2(C)[C@H](C1)C(=O)C[C@@H]1[C@@H]2CC[C@]2(C)[C@@H]([C@H](C)[C@H](CCC(C)C)OC(C)=O)CC[C@@H]12. The van der Waals surface area contributed by atoms with Gasteiger partial charge in [0.2, 0.25) is 0 Å². The zero-order valence-corrected chi connectivity index (χ0v) is 23.8. The van der Waals surface area contributed by atoms with Crippen molar-refractivity contribution < 1.29 is 23.9 Å². The van der Waals surface area contributed by atoms with Gasteiger partial charge in [-0.05, 0) is 104 Å². The maximum Gasteiger partial charge on any atom is 0.302 e. The lowest BCUT2D eigenvalue weighted by Crippen LogP contribution is -2.57. The number of hydrogen-bond donors (Lipinski definition) is 0. The Morgan fingerprint density at radius 1 is 0.917 bits per heavy atom. The molecule has 0 aromatic heterocycles. The van der Waals surface area contributed by atoms with E-state index in [0.29, 0.717) is 54.1 Å². The summed E-state index contributed by atoms with van der Waals surface area (Å²) in [5.41, 5.74) is 0.231. The van der Waals surface area contributed by atoms with Crippen LogP contribution >= 0.6 is 0 Å². The molecule has 0 aromatic carbocycles. The van der Waals surface area contributed by atoms with E-state index in [4.69, 9.17) is 9.47 Å². The van der Waals surface area contributed by atoms with Gasteiger partial charge in [0, 0.05) is 26.2 Å². The highest BCUT2D eigenvalue weighted by Crippen LogP contribution is 2.68. The number of carbonyl (C=O) groups is 3. The molecule has 0 radical (unpaired) electrons. The highest BCUT2D eigenvalue weighted by molar-refractivity contribution is 5.83. The molecule has 0 bridgehead atoms. The van der Waals surface area contributed by atoms with Crippen molar-refractivity contribution in [3.63, 3.8) is 0 Å². The van der Waals surface area contributed by atoms with Crippen molar-refractivity contribution in [2.24, 2.45) is 52.3 Å². The molecule has 204 valence electrons. The first kappa shape index (κ1) is 27.6. The van der Waals surface area contributed by atoms with Crippen molar-refractivity contribution in [3.05, 3.63) is 0 Å². The first-order chi connectivity index (χ1) is 16.9. The van der Waals surface area contributed by atoms with Gasteiger partial charge in [0.15, 0.2) is 0 Å². The van der Waals surface area contributed by atoms with E-state index in [1.807, 2.05) is 0 Å². The van der Waals surface area contributed by atoms with E-state index in [-0.39, 0.29) is 40.9 Å². The molecule has 0 unspecified atom stereocenters. The molecule has 4 aliphatic carbocycles. The third kappa shape index (κ3) is 5.01. The van der Waals surface area contributed by atoms with Gasteiger partial charge in [0.1, 0.15) is 18.0 Å². The van der Waals surface area contributed by atoms with Crippen molar-refractivity contribution in [2.45, 2.75) is 125 Å². The molecule has 4 aliphatic rings. The highest BCUT2D eigenvalue weighted by atomic mass is 16.5. The van der Waals surface area contributed by atoms with E-state index in [0.717, 1.165) is 25.7 Å². The average Bonchev–Trinajstić information content (AvgIpc) is 3.14. The summed E-state index contributed by atoms with van der Waals surface area (Å²) < 4.78 is 11.5. The van der Waals surface area contributed by atoms with Crippen LogP contribution < -0.4 is 0 Å². The number of esters is 2. The predicted octanol–water partition coefficient (Wildman–Crippen LogP) is 6.76. The molecular weight excluding hydrogens is 452 g/mol. The fraction of sp³-hybridized carbons (Fsp3) is 0.903. The molecule has 0 aromatic rings. The number of ether oxygens (including phenoxy) is 2. The molecule has 5 heteroatoms. The molecule has 0 aliphatic heterocycles. The summed E-state index contributed by atoms with van der Waals surface area (Å²) in [5.74, 6) is 3.10. The first-order valence-electron chi connectivity index (χ1n) is 14.7. The van der Waals surface area contributed by atoms with E-state index < -0.39 is 0 Å². The van der Waals surface area contributed by atoms with Crippen LogP contribution in [0.5, 0.6) is 0 Å². The van der Waals surface area contributed by atoms with E-state index in [1.165, 1.54) is 32.6 Å².